The lowest BCUT2D eigenvalue weighted by Gasteiger charge is -2.30. The second-order valence-corrected chi connectivity index (χ2v) is 9.61. The summed E-state index contributed by atoms with van der Waals surface area (Å²) in [7, 11) is -3.01. The first-order valence-corrected chi connectivity index (χ1v) is 10.4. The highest BCUT2D eigenvalue weighted by molar-refractivity contribution is 7.78. The zero-order chi connectivity index (χ0) is 17.9. The molecule has 2 nitrogen and oxygen atoms in total. The van der Waals surface area contributed by atoms with Crippen LogP contribution in [0.15, 0.2) is 84.9 Å². The molecule has 0 aliphatic rings. The zero-order valence-electron chi connectivity index (χ0n) is 14.0. The smallest absolute Gasteiger partial charge is 0.146 e. The largest absolute Gasteiger partial charge is 0.385 e. The van der Waals surface area contributed by atoms with Gasteiger partial charge in [-0.05, 0) is 24.6 Å². The fourth-order valence-corrected chi connectivity index (χ4v) is 6.15. The minimum absolute atomic E-state index is 0.121. The summed E-state index contributed by atoms with van der Waals surface area (Å²) in [5.74, 6) is 0. The molecular formula is C21H20ClO2P. The molecule has 3 aromatic rings. The van der Waals surface area contributed by atoms with Crippen LogP contribution in [0.25, 0.3) is 0 Å². The highest BCUT2D eigenvalue weighted by Crippen LogP contribution is 2.48. The van der Waals surface area contributed by atoms with E-state index in [0.29, 0.717) is 10.6 Å². The first-order chi connectivity index (χ1) is 11.9. The molecule has 0 spiro atoms. The molecule has 0 radical (unpaired) electrons. The Morgan fingerprint density at radius 2 is 1.28 bits per heavy atom. The maximum atomic E-state index is 14.1. The first-order valence-electron chi connectivity index (χ1n) is 8.10. The van der Waals surface area contributed by atoms with Gasteiger partial charge in [0.25, 0.3) is 0 Å². The van der Waals surface area contributed by atoms with Gasteiger partial charge in [0.2, 0.25) is 0 Å². The molecule has 3 rings (SSSR count). The second-order valence-electron chi connectivity index (χ2n) is 6.35. The number of aliphatic hydroxyl groups is 1. The number of halogens is 1. The van der Waals surface area contributed by atoms with Crippen molar-refractivity contribution >= 4 is 29.4 Å². The summed E-state index contributed by atoms with van der Waals surface area (Å²) >= 11 is 5.95. The third kappa shape index (κ3) is 3.88. The SMILES string of the molecule is CC(O)(CP(=O)(c1ccccc1)c1ccccc1)c1ccc(Cl)cc1. The van der Waals surface area contributed by atoms with E-state index in [2.05, 4.69) is 0 Å². The van der Waals surface area contributed by atoms with Crippen LogP contribution in [-0.2, 0) is 10.2 Å². The Morgan fingerprint density at radius 3 is 1.72 bits per heavy atom. The van der Waals surface area contributed by atoms with Gasteiger partial charge in [-0.3, -0.25) is 0 Å². The van der Waals surface area contributed by atoms with Crippen molar-refractivity contribution in [3.8, 4) is 0 Å². The van der Waals surface area contributed by atoms with E-state index in [1.807, 2.05) is 60.7 Å². The predicted octanol–water partition coefficient (Wildman–Crippen LogP) is 4.56. The fraction of sp³-hybridized carbons (Fsp3) is 0.143. The average Bonchev–Trinajstić information content (AvgIpc) is 2.63. The Balaban J connectivity index is 2.07. The van der Waals surface area contributed by atoms with Crippen molar-refractivity contribution in [2.45, 2.75) is 12.5 Å². The third-order valence-electron chi connectivity index (χ3n) is 4.34. The highest BCUT2D eigenvalue weighted by atomic mass is 35.5. The molecule has 0 heterocycles. The lowest BCUT2D eigenvalue weighted by Crippen LogP contribution is -2.32. The molecule has 0 aliphatic carbocycles. The van der Waals surface area contributed by atoms with Gasteiger partial charge in [0.15, 0.2) is 0 Å². The molecule has 1 unspecified atom stereocenters. The summed E-state index contributed by atoms with van der Waals surface area (Å²) in [5.41, 5.74) is -0.546. The Hall–Kier alpha value is -1.86. The molecule has 0 saturated heterocycles. The summed E-state index contributed by atoms with van der Waals surface area (Å²) in [5, 5.41) is 13.2. The van der Waals surface area contributed by atoms with Gasteiger partial charge in [-0.15, -0.1) is 0 Å². The van der Waals surface area contributed by atoms with E-state index >= 15 is 0 Å². The molecule has 4 heteroatoms. The molecule has 128 valence electrons. The zero-order valence-corrected chi connectivity index (χ0v) is 15.6. The van der Waals surface area contributed by atoms with Gasteiger partial charge in [0.05, 0.1) is 5.60 Å². The standard InChI is InChI=1S/C21H20ClO2P/c1-21(23,17-12-14-18(22)15-13-17)16-25(24,19-8-4-2-5-9-19)20-10-6-3-7-11-20/h2-15,23H,16H2,1H3. The van der Waals surface area contributed by atoms with Crippen LogP contribution in [0.3, 0.4) is 0 Å². The van der Waals surface area contributed by atoms with E-state index in [1.54, 1.807) is 31.2 Å². The molecule has 3 aromatic carbocycles. The van der Waals surface area contributed by atoms with Crippen LogP contribution in [-0.4, -0.2) is 11.3 Å². The van der Waals surface area contributed by atoms with Crippen molar-refractivity contribution in [2.24, 2.45) is 0 Å². The van der Waals surface area contributed by atoms with Crippen molar-refractivity contribution in [3.05, 3.63) is 95.5 Å². The number of benzene rings is 3. The van der Waals surface area contributed by atoms with Gasteiger partial charge in [0.1, 0.15) is 7.14 Å². The molecule has 0 bridgehead atoms. The molecule has 0 fully saturated rings. The minimum atomic E-state index is -3.01. The molecule has 0 amide bonds. The molecule has 0 aliphatic heterocycles. The molecular weight excluding hydrogens is 351 g/mol. The summed E-state index contributed by atoms with van der Waals surface area (Å²) in [6.07, 6.45) is 0.121. The minimum Gasteiger partial charge on any atom is -0.385 e. The summed E-state index contributed by atoms with van der Waals surface area (Å²) in [6.45, 7) is 1.70. The molecule has 1 atom stereocenters. The van der Waals surface area contributed by atoms with Crippen LogP contribution >= 0.6 is 18.7 Å². The van der Waals surface area contributed by atoms with Gasteiger partial charge >= 0.3 is 0 Å². The van der Waals surface area contributed by atoms with E-state index in [4.69, 9.17) is 11.6 Å². The Labute approximate surface area is 153 Å². The Morgan fingerprint density at radius 1 is 0.840 bits per heavy atom. The van der Waals surface area contributed by atoms with Crippen molar-refractivity contribution < 1.29 is 9.67 Å². The van der Waals surface area contributed by atoms with Crippen molar-refractivity contribution in [3.63, 3.8) is 0 Å². The summed E-state index contributed by atoms with van der Waals surface area (Å²) in [4.78, 5) is 0. The quantitative estimate of drug-likeness (QED) is 0.668. The highest BCUT2D eigenvalue weighted by Gasteiger charge is 2.37. The van der Waals surface area contributed by atoms with Crippen LogP contribution in [0.5, 0.6) is 0 Å². The van der Waals surface area contributed by atoms with Gasteiger partial charge in [-0.1, -0.05) is 84.4 Å². The van der Waals surface area contributed by atoms with Gasteiger partial charge in [-0.2, -0.15) is 0 Å². The third-order valence-corrected chi connectivity index (χ3v) is 7.92. The lowest BCUT2D eigenvalue weighted by molar-refractivity contribution is 0.0820. The number of rotatable bonds is 5. The Kier molecular flexibility index (Phi) is 5.15. The molecule has 0 saturated carbocycles. The Bertz CT molecular complexity index is 831. The maximum absolute atomic E-state index is 14.1. The number of hydrogen-bond acceptors (Lipinski definition) is 2. The fourth-order valence-electron chi connectivity index (χ4n) is 3.00. The number of hydrogen-bond donors (Lipinski definition) is 1. The van der Waals surface area contributed by atoms with Gasteiger partial charge in [-0.25, -0.2) is 0 Å². The van der Waals surface area contributed by atoms with Gasteiger partial charge < -0.3 is 9.67 Å². The monoisotopic (exact) mass is 370 g/mol. The average molecular weight is 371 g/mol. The molecule has 1 N–H and O–H groups in total. The molecule has 0 aromatic heterocycles. The van der Waals surface area contributed by atoms with Gasteiger partial charge in [0, 0.05) is 21.8 Å². The van der Waals surface area contributed by atoms with Crippen LogP contribution in [0, 0.1) is 0 Å². The molecule has 25 heavy (non-hydrogen) atoms. The van der Waals surface area contributed by atoms with Crippen molar-refractivity contribution in [1.82, 2.24) is 0 Å². The van der Waals surface area contributed by atoms with Crippen LogP contribution in [0.2, 0.25) is 5.02 Å². The first kappa shape index (κ1) is 17.9. The van der Waals surface area contributed by atoms with Crippen molar-refractivity contribution in [2.75, 3.05) is 6.16 Å². The summed E-state index contributed by atoms with van der Waals surface area (Å²) < 4.78 is 14.1. The normalized spacial score (nSPS) is 14.0. The topological polar surface area (TPSA) is 37.3 Å². The van der Waals surface area contributed by atoms with E-state index in [0.717, 1.165) is 10.6 Å². The maximum Gasteiger partial charge on any atom is 0.146 e. The van der Waals surface area contributed by atoms with E-state index in [1.165, 1.54) is 0 Å². The van der Waals surface area contributed by atoms with E-state index < -0.39 is 12.7 Å². The van der Waals surface area contributed by atoms with E-state index in [9.17, 15) is 9.67 Å². The van der Waals surface area contributed by atoms with Crippen LogP contribution < -0.4 is 10.6 Å². The van der Waals surface area contributed by atoms with Crippen LogP contribution in [0.4, 0.5) is 0 Å². The predicted molar refractivity (Wildman–Crippen MR) is 106 cm³/mol. The van der Waals surface area contributed by atoms with Crippen molar-refractivity contribution in [1.29, 1.82) is 0 Å². The summed E-state index contributed by atoms with van der Waals surface area (Å²) in [6, 6.07) is 25.8. The lowest BCUT2D eigenvalue weighted by atomic mass is 9.98. The van der Waals surface area contributed by atoms with E-state index in [-0.39, 0.29) is 6.16 Å². The van der Waals surface area contributed by atoms with Crippen LogP contribution in [0.1, 0.15) is 12.5 Å². The second kappa shape index (κ2) is 7.17.